The van der Waals surface area contributed by atoms with Crippen LogP contribution in [0.5, 0.6) is 0 Å². The van der Waals surface area contributed by atoms with Gasteiger partial charge in [0.2, 0.25) is 0 Å². The third-order valence-electron chi connectivity index (χ3n) is 5.81. The summed E-state index contributed by atoms with van der Waals surface area (Å²) in [7, 11) is 1.34. The van der Waals surface area contributed by atoms with Gasteiger partial charge >= 0.3 is 11.9 Å². The topological polar surface area (TPSA) is 66.8 Å². The van der Waals surface area contributed by atoms with Crippen molar-refractivity contribution in [2.24, 2.45) is 0 Å². The van der Waals surface area contributed by atoms with Gasteiger partial charge in [-0.05, 0) is 37.7 Å². The predicted molar refractivity (Wildman–Crippen MR) is 119 cm³/mol. The Hall–Kier alpha value is -2.28. The Kier molecular flexibility index (Phi) is 10.8. The molecule has 1 aromatic carbocycles. The van der Waals surface area contributed by atoms with Gasteiger partial charge in [0, 0.05) is 19.4 Å². The normalized spacial score (nSPS) is 18.9. The fraction of sp³-hybridized carbons (Fsp3) is 0.600. The highest BCUT2D eigenvalue weighted by atomic mass is 19.3. The zero-order chi connectivity index (χ0) is 23.4. The predicted octanol–water partition coefficient (Wildman–Crippen LogP) is 4.68. The summed E-state index contributed by atoms with van der Waals surface area (Å²) in [6.07, 6.45) is 8.23. The molecule has 0 unspecified atom stereocenters. The van der Waals surface area contributed by atoms with E-state index < -0.39 is 30.4 Å². The number of hydrogen-bond acceptors (Lipinski definition) is 4. The van der Waals surface area contributed by atoms with Gasteiger partial charge in [-0.1, -0.05) is 61.7 Å². The van der Waals surface area contributed by atoms with Gasteiger partial charge in [-0.3, -0.25) is 9.59 Å². The molecule has 1 aliphatic rings. The smallest absolute Gasteiger partial charge is 0.327 e. The number of carbonyl (C=O) groups excluding carboxylic acids is 2. The highest BCUT2D eigenvalue weighted by Gasteiger charge is 2.52. The average molecular weight is 452 g/mol. The minimum absolute atomic E-state index is 0.245. The summed E-state index contributed by atoms with van der Waals surface area (Å²) >= 11 is 0. The molecule has 178 valence electrons. The number of alkyl halides is 2. The van der Waals surface area contributed by atoms with Gasteiger partial charge in [0.15, 0.2) is 0 Å². The first-order valence-corrected chi connectivity index (χ1v) is 11.5. The van der Waals surface area contributed by atoms with Crippen molar-refractivity contribution < 1.29 is 28.2 Å². The molecule has 0 spiro atoms. The number of aliphatic hydroxyl groups excluding tert-OH is 1. The van der Waals surface area contributed by atoms with Gasteiger partial charge in [0.05, 0.1) is 19.3 Å². The number of carbonyl (C=O) groups is 2. The lowest BCUT2D eigenvalue weighted by atomic mass is 10.0. The van der Waals surface area contributed by atoms with E-state index in [0.717, 1.165) is 32.1 Å². The van der Waals surface area contributed by atoms with Crippen LogP contribution >= 0.6 is 0 Å². The van der Waals surface area contributed by atoms with E-state index in [4.69, 9.17) is 0 Å². The number of aryl methyl sites for hydroxylation is 1. The number of benzene rings is 1. The maximum Gasteiger partial charge on any atom is 0.327 e. The number of aliphatic hydroxyl groups is 1. The molecule has 2 atom stereocenters. The summed E-state index contributed by atoms with van der Waals surface area (Å²) in [5.41, 5.74) is 1.25. The molecule has 5 nitrogen and oxygen atoms in total. The molecule has 0 bridgehead atoms. The molecule has 1 aliphatic heterocycles. The maximum absolute atomic E-state index is 14.0. The average Bonchev–Trinajstić information content (AvgIpc) is 3.00. The molecule has 7 heteroatoms. The third kappa shape index (κ3) is 8.69. The second-order valence-corrected chi connectivity index (χ2v) is 8.40. The minimum Gasteiger partial charge on any atom is -0.469 e. The molecular weight excluding hydrogens is 416 g/mol. The number of amides is 1. The van der Waals surface area contributed by atoms with E-state index in [2.05, 4.69) is 16.9 Å². The van der Waals surface area contributed by atoms with E-state index in [1.54, 1.807) is 12.2 Å². The molecule has 0 aliphatic carbocycles. The molecule has 1 aromatic rings. The summed E-state index contributed by atoms with van der Waals surface area (Å²) in [4.78, 5) is 24.4. The van der Waals surface area contributed by atoms with E-state index in [9.17, 15) is 23.5 Å². The van der Waals surface area contributed by atoms with E-state index in [1.165, 1.54) is 17.6 Å². The molecule has 1 fully saturated rings. The van der Waals surface area contributed by atoms with Gasteiger partial charge in [-0.25, -0.2) is 0 Å². The fourth-order valence-corrected chi connectivity index (χ4v) is 3.95. The largest absolute Gasteiger partial charge is 0.469 e. The monoisotopic (exact) mass is 451 g/mol. The molecule has 1 N–H and O–H groups in total. The summed E-state index contributed by atoms with van der Waals surface area (Å²) < 4.78 is 32.6. The second kappa shape index (κ2) is 13.3. The first-order chi connectivity index (χ1) is 15.3. The maximum atomic E-state index is 14.0. The molecule has 0 radical (unpaired) electrons. The lowest BCUT2D eigenvalue weighted by Gasteiger charge is -2.22. The molecular formula is C25H35F2NO4. The van der Waals surface area contributed by atoms with Crippen LogP contribution in [-0.4, -0.2) is 53.6 Å². The number of nitrogens with zero attached hydrogens (tertiary/aromatic N) is 1. The van der Waals surface area contributed by atoms with Crippen molar-refractivity contribution in [1.29, 1.82) is 0 Å². The highest BCUT2D eigenvalue weighted by Crippen LogP contribution is 2.34. The van der Waals surface area contributed by atoms with Crippen LogP contribution < -0.4 is 0 Å². The first kappa shape index (κ1) is 26.0. The molecule has 1 heterocycles. The van der Waals surface area contributed by atoms with Gasteiger partial charge in [0.25, 0.3) is 5.91 Å². The van der Waals surface area contributed by atoms with E-state index in [1.807, 2.05) is 18.2 Å². The zero-order valence-electron chi connectivity index (χ0n) is 18.8. The number of likely N-dealkylation sites (tertiary alicyclic amines) is 1. The fourth-order valence-electron chi connectivity index (χ4n) is 3.95. The summed E-state index contributed by atoms with van der Waals surface area (Å²) in [5, 5.41) is 10.2. The first-order valence-electron chi connectivity index (χ1n) is 11.5. The highest BCUT2D eigenvalue weighted by molar-refractivity contribution is 5.86. The molecule has 0 saturated carbocycles. The van der Waals surface area contributed by atoms with Crippen molar-refractivity contribution >= 4 is 11.9 Å². The van der Waals surface area contributed by atoms with Gasteiger partial charge in [-0.2, -0.15) is 8.78 Å². The summed E-state index contributed by atoms with van der Waals surface area (Å²) in [5.74, 6) is -4.76. The van der Waals surface area contributed by atoms with Crippen LogP contribution in [0.25, 0.3) is 0 Å². The van der Waals surface area contributed by atoms with Crippen LogP contribution in [0.2, 0.25) is 0 Å². The molecule has 1 amide bonds. The van der Waals surface area contributed by atoms with Crippen LogP contribution in [-0.2, 0) is 20.7 Å². The second-order valence-electron chi connectivity index (χ2n) is 8.40. The van der Waals surface area contributed by atoms with Crippen LogP contribution in [0.15, 0.2) is 42.5 Å². The Morgan fingerprint density at radius 3 is 2.62 bits per heavy atom. The van der Waals surface area contributed by atoms with E-state index in [0.29, 0.717) is 25.7 Å². The van der Waals surface area contributed by atoms with Crippen molar-refractivity contribution in [2.75, 3.05) is 13.7 Å². The number of methoxy groups -OCH3 is 1. The number of halogens is 2. The van der Waals surface area contributed by atoms with Crippen molar-refractivity contribution in [1.82, 2.24) is 4.90 Å². The SMILES string of the molecule is COC(=O)CCCCCCN1C(=O)C(F)(F)C[C@@H]1/C=C/[C@@H](O)CCCCc1ccccc1. The Labute approximate surface area is 189 Å². The van der Waals surface area contributed by atoms with Gasteiger partial charge in [-0.15, -0.1) is 0 Å². The van der Waals surface area contributed by atoms with Crippen molar-refractivity contribution in [3.63, 3.8) is 0 Å². The van der Waals surface area contributed by atoms with Gasteiger partial charge in [0.1, 0.15) is 0 Å². The number of unbranched alkanes of at least 4 members (excludes halogenated alkanes) is 4. The lowest BCUT2D eigenvalue weighted by Crippen LogP contribution is -2.36. The van der Waals surface area contributed by atoms with Gasteiger partial charge < -0.3 is 14.7 Å². The van der Waals surface area contributed by atoms with Crippen LogP contribution in [0.4, 0.5) is 8.78 Å². The van der Waals surface area contributed by atoms with Crippen LogP contribution in [0, 0.1) is 0 Å². The number of hydrogen-bond donors (Lipinski definition) is 1. The molecule has 32 heavy (non-hydrogen) atoms. The third-order valence-corrected chi connectivity index (χ3v) is 5.81. The number of esters is 1. The standard InChI is InChI=1S/C25H35F2NO4/c1-32-23(30)15-7-2-3-10-18-28-21(19-25(26,27)24(28)31)16-17-22(29)14-9-8-13-20-11-5-4-6-12-20/h4-6,11-12,16-17,21-22,29H,2-3,7-10,13-15,18-19H2,1H3/b17-16+/t21-,22-/m0/s1. The molecule has 2 rings (SSSR count). The van der Waals surface area contributed by atoms with Crippen LogP contribution in [0.3, 0.4) is 0 Å². The molecule has 0 aromatic heterocycles. The Morgan fingerprint density at radius 1 is 1.19 bits per heavy atom. The summed E-state index contributed by atoms with van der Waals surface area (Å²) in [6, 6.07) is 9.41. The van der Waals surface area contributed by atoms with E-state index >= 15 is 0 Å². The lowest BCUT2D eigenvalue weighted by molar-refractivity contribution is -0.148. The Morgan fingerprint density at radius 2 is 1.91 bits per heavy atom. The Balaban J connectivity index is 1.73. The van der Waals surface area contributed by atoms with Crippen molar-refractivity contribution in [2.45, 2.75) is 82.3 Å². The number of rotatable bonds is 14. The zero-order valence-corrected chi connectivity index (χ0v) is 18.8. The molecule has 1 saturated heterocycles. The Bertz CT molecular complexity index is 739. The number of ether oxygens (including phenoxy) is 1. The summed E-state index contributed by atoms with van der Waals surface area (Å²) in [6.45, 7) is 0.245. The van der Waals surface area contributed by atoms with E-state index in [-0.39, 0.29) is 12.5 Å². The van der Waals surface area contributed by atoms with Crippen LogP contribution in [0.1, 0.15) is 63.4 Å². The van der Waals surface area contributed by atoms with Crippen molar-refractivity contribution in [3.8, 4) is 0 Å². The van der Waals surface area contributed by atoms with Crippen molar-refractivity contribution in [3.05, 3.63) is 48.0 Å². The minimum atomic E-state index is -3.36. The quantitative estimate of drug-likeness (QED) is 0.253.